The summed E-state index contributed by atoms with van der Waals surface area (Å²) in [4.78, 5) is 8.93. The number of benzene rings is 2. The molecule has 0 saturated carbocycles. The monoisotopic (exact) mass is 372 g/mol. The zero-order chi connectivity index (χ0) is 15.5. The second-order valence-electron chi connectivity index (χ2n) is 4.76. The van der Waals surface area contributed by atoms with Crippen molar-refractivity contribution < 1.29 is 5.11 Å². The van der Waals surface area contributed by atoms with Gasteiger partial charge < -0.3 is 5.11 Å². The van der Waals surface area contributed by atoms with E-state index in [1.165, 1.54) is 0 Å². The molecular formula is C17H13BrN2OS. The smallest absolute Gasteiger partial charge is 0.124 e. The molecular weight excluding hydrogens is 360 g/mol. The van der Waals surface area contributed by atoms with E-state index in [0.29, 0.717) is 5.56 Å². The average Bonchev–Trinajstić information content (AvgIpc) is 2.95. The van der Waals surface area contributed by atoms with E-state index >= 15 is 0 Å². The largest absolute Gasteiger partial charge is 0.507 e. The Balaban J connectivity index is 1.89. The van der Waals surface area contributed by atoms with Gasteiger partial charge in [-0.2, -0.15) is 0 Å². The van der Waals surface area contributed by atoms with Crippen molar-refractivity contribution in [2.24, 2.45) is 4.99 Å². The van der Waals surface area contributed by atoms with Crippen molar-refractivity contribution in [1.29, 1.82) is 0 Å². The zero-order valence-electron chi connectivity index (χ0n) is 11.8. The average molecular weight is 373 g/mol. The first kappa shape index (κ1) is 14.9. The van der Waals surface area contributed by atoms with Gasteiger partial charge in [0.05, 0.1) is 16.4 Å². The molecule has 110 valence electrons. The third-order valence-electron chi connectivity index (χ3n) is 3.10. The molecule has 0 radical (unpaired) electrons. The number of thiazole rings is 1. The van der Waals surface area contributed by atoms with Crippen LogP contribution in [0.5, 0.6) is 5.75 Å². The molecule has 1 aromatic heterocycles. The lowest BCUT2D eigenvalue weighted by molar-refractivity contribution is 0.474. The molecule has 0 aliphatic heterocycles. The number of rotatable bonds is 3. The number of phenolic OH excluding ortho intramolecular Hbond substituents is 1. The normalized spacial score (nSPS) is 11.2. The lowest BCUT2D eigenvalue weighted by atomic mass is 10.1. The van der Waals surface area contributed by atoms with Crippen LogP contribution in [0.3, 0.4) is 0 Å². The van der Waals surface area contributed by atoms with E-state index in [9.17, 15) is 5.11 Å². The molecule has 2 aromatic carbocycles. The molecule has 0 unspecified atom stereocenters. The molecule has 1 heterocycles. The van der Waals surface area contributed by atoms with Crippen LogP contribution in [-0.2, 0) is 0 Å². The summed E-state index contributed by atoms with van der Waals surface area (Å²) in [5.41, 5.74) is 3.49. The van der Waals surface area contributed by atoms with E-state index in [1.807, 2.05) is 42.6 Å². The van der Waals surface area contributed by atoms with Crippen molar-refractivity contribution in [3.05, 3.63) is 62.9 Å². The number of aromatic nitrogens is 1. The minimum atomic E-state index is 0.207. The van der Waals surface area contributed by atoms with Gasteiger partial charge in [-0.15, -0.1) is 11.3 Å². The molecule has 5 heteroatoms. The SMILES string of the molecule is Cc1nc(-c2cccc(N=Cc3cc(Br)ccc3O)c2)cs1. The van der Waals surface area contributed by atoms with Crippen molar-refractivity contribution >= 4 is 39.2 Å². The maximum absolute atomic E-state index is 9.83. The summed E-state index contributed by atoms with van der Waals surface area (Å²) in [6.07, 6.45) is 1.66. The van der Waals surface area contributed by atoms with Gasteiger partial charge in [0, 0.05) is 27.2 Å². The van der Waals surface area contributed by atoms with E-state index in [0.717, 1.165) is 26.4 Å². The number of hydrogen-bond donors (Lipinski definition) is 1. The Labute approximate surface area is 141 Å². The number of halogens is 1. The topological polar surface area (TPSA) is 45.5 Å². The van der Waals surface area contributed by atoms with Crippen LogP contribution in [0.25, 0.3) is 11.3 Å². The van der Waals surface area contributed by atoms with Gasteiger partial charge in [-0.25, -0.2) is 4.98 Å². The fourth-order valence-corrected chi connectivity index (χ4v) is 3.02. The van der Waals surface area contributed by atoms with Gasteiger partial charge in [0.1, 0.15) is 5.75 Å². The molecule has 0 aliphatic carbocycles. The highest BCUT2D eigenvalue weighted by Crippen LogP contribution is 2.26. The van der Waals surface area contributed by atoms with Crippen molar-refractivity contribution in [1.82, 2.24) is 4.98 Å². The highest BCUT2D eigenvalue weighted by Gasteiger charge is 2.03. The van der Waals surface area contributed by atoms with Gasteiger partial charge in [-0.05, 0) is 37.3 Å². The Hall–Kier alpha value is -1.98. The fraction of sp³-hybridized carbons (Fsp3) is 0.0588. The van der Waals surface area contributed by atoms with Gasteiger partial charge in [-0.1, -0.05) is 28.1 Å². The molecule has 3 rings (SSSR count). The minimum absolute atomic E-state index is 0.207. The summed E-state index contributed by atoms with van der Waals surface area (Å²) >= 11 is 5.02. The first-order chi connectivity index (χ1) is 10.6. The summed E-state index contributed by atoms with van der Waals surface area (Å²) in [6, 6.07) is 13.1. The maximum atomic E-state index is 9.83. The lowest BCUT2D eigenvalue weighted by Crippen LogP contribution is -1.83. The Bertz CT molecular complexity index is 842. The highest BCUT2D eigenvalue weighted by molar-refractivity contribution is 9.10. The molecule has 3 aromatic rings. The molecule has 1 N–H and O–H groups in total. The Morgan fingerprint density at radius 3 is 2.86 bits per heavy atom. The second-order valence-corrected chi connectivity index (χ2v) is 6.74. The Kier molecular flexibility index (Phi) is 4.36. The Morgan fingerprint density at radius 1 is 1.23 bits per heavy atom. The number of aliphatic imine (C=N–C) groups is 1. The van der Waals surface area contributed by atoms with E-state index in [1.54, 1.807) is 29.7 Å². The van der Waals surface area contributed by atoms with E-state index in [2.05, 4.69) is 25.9 Å². The van der Waals surface area contributed by atoms with Crippen molar-refractivity contribution in [3.8, 4) is 17.0 Å². The first-order valence-electron chi connectivity index (χ1n) is 6.67. The molecule has 0 saturated heterocycles. The third-order valence-corrected chi connectivity index (χ3v) is 4.37. The van der Waals surface area contributed by atoms with Gasteiger partial charge in [0.25, 0.3) is 0 Å². The van der Waals surface area contributed by atoms with Crippen LogP contribution >= 0.6 is 27.3 Å². The predicted molar refractivity (Wildman–Crippen MR) is 95.3 cm³/mol. The number of hydrogen-bond acceptors (Lipinski definition) is 4. The summed E-state index contributed by atoms with van der Waals surface area (Å²) in [6.45, 7) is 1.99. The second kappa shape index (κ2) is 6.42. The molecule has 22 heavy (non-hydrogen) atoms. The number of aromatic hydroxyl groups is 1. The molecule has 3 nitrogen and oxygen atoms in total. The molecule has 0 bridgehead atoms. The van der Waals surface area contributed by atoms with Crippen LogP contribution in [0.1, 0.15) is 10.6 Å². The van der Waals surface area contributed by atoms with E-state index < -0.39 is 0 Å². The molecule has 0 atom stereocenters. The Morgan fingerprint density at radius 2 is 2.09 bits per heavy atom. The van der Waals surface area contributed by atoms with Gasteiger partial charge in [0.15, 0.2) is 0 Å². The molecule has 0 spiro atoms. The van der Waals surface area contributed by atoms with Crippen molar-refractivity contribution in [2.45, 2.75) is 6.92 Å². The molecule has 0 fully saturated rings. The fourth-order valence-electron chi connectivity index (χ4n) is 2.01. The number of nitrogens with zero attached hydrogens (tertiary/aromatic N) is 2. The van der Waals surface area contributed by atoms with Gasteiger partial charge in [-0.3, -0.25) is 4.99 Å². The van der Waals surface area contributed by atoms with Crippen LogP contribution in [0.4, 0.5) is 5.69 Å². The minimum Gasteiger partial charge on any atom is -0.507 e. The zero-order valence-corrected chi connectivity index (χ0v) is 14.2. The van der Waals surface area contributed by atoms with E-state index in [4.69, 9.17) is 0 Å². The lowest BCUT2D eigenvalue weighted by Gasteiger charge is -2.01. The van der Waals surface area contributed by atoms with Crippen LogP contribution in [0.15, 0.2) is 57.3 Å². The standard InChI is InChI=1S/C17H13BrN2OS/c1-11-20-16(10-22-11)12-3-2-4-15(8-12)19-9-13-7-14(18)5-6-17(13)21/h2-10,21H,1H3. The summed E-state index contributed by atoms with van der Waals surface area (Å²) in [5.74, 6) is 0.207. The third kappa shape index (κ3) is 3.43. The summed E-state index contributed by atoms with van der Waals surface area (Å²) in [5, 5.41) is 12.9. The van der Waals surface area contributed by atoms with E-state index in [-0.39, 0.29) is 5.75 Å². The molecule has 0 aliphatic rings. The summed E-state index contributed by atoms with van der Waals surface area (Å²) in [7, 11) is 0. The first-order valence-corrected chi connectivity index (χ1v) is 8.34. The van der Waals surface area contributed by atoms with Crippen LogP contribution < -0.4 is 0 Å². The number of aryl methyl sites for hydroxylation is 1. The van der Waals surface area contributed by atoms with Gasteiger partial charge in [0.2, 0.25) is 0 Å². The van der Waals surface area contributed by atoms with Crippen LogP contribution in [0.2, 0.25) is 0 Å². The predicted octanol–water partition coefficient (Wildman–Crippen LogP) is 5.34. The van der Waals surface area contributed by atoms with Gasteiger partial charge >= 0.3 is 0 Å². The maximum Gasteiger partial charge on any atom is 0.124 e. The van der Waals surface area contributed by atoms with Crippen LogP contribution in [0, 0.1) is 6.92 Å². The van der Waals surface area contributed by atoms with Crippen LogP contribution in [-0.4, -0.2) is 16.3 Å². The highest BCUT2D eigenvalue weighted by atomic mass is 79.9. The van der Waals surface area contributed by atoms with Crippen molar-refractivity contribution in [2.75, 3.05) is 0 Å². The number of phenols is 1. The molecule has 0 amide bonds. The summed E-state index contributed by atoms with van der Waals surface area (Å²) < 4.78 is 0.901. The quantitative estimate of drug-likeness (QED) is 0.630. The van der Waals surface area contributed by atoms with Crippen molar-refractivity contribution in [3.63, 3.8) is 0 Å².